The first-order valence-corrected chi connectivity index (χ1v) is 10.1. The molecule has 2 aromatic carbocycles. The molecule has 0 saturated carbocycles. The van der Waals surface area contributed by atoms with E-state index in [9.17, 15) is 29.3 Å². The van der Waals surface area contributed by atoms with Crippen LogP contribution in [0.25, 0.3) is 0 Å². The van der Waals surface area contributed by atoms with Crippen LogP contribution in [0.15, 0.2) is 42.5 Å². The molecule has 166 valence electrons. The molecule has 2 aromatic rings. The van der Waals surface area contributed by atoms with Gasteiger partial charge >= 0.3 is 0 Å². The largest absolute Gasteiger partial charge is 0.274 e. The number of anilines is 1. The molecule has 1 N–H and O–H groups in total. The van der Waals surface area contributed by atoms with Gasteiger partial charge < -0.3 is 0 Å². The maximum absolute atomic E-state index is 13.0. The normalized spacial score (nSPS) is 15.6. The van der Waals surface area contributed by atoms with E-state index >= 15 is 0 Å². The molecule has 10 nitrogen and oxygen atoms in total. The van der Waals surface area contributed by atoms with Crippen LogP contribution in [0, 0.1) is 10.1 Å². The number of imide groups is 1. The van der Waals surface area contributed by atoms with Gasteiger partial charge in [-0.15, -0.1) is 0 Å². The summed E-state index contributed by atoms with van der Waals surface area (Å²) in [6, 6.07) is 7.61. The molecule has 4 amide bonds. The second-order valence-corrected chi connectivity index (χ2v) is 7.65. The summed E-state index contributed by atoms with van der Waals surface area (Å²) in [5.41, 5.74) is 2.30. The number of carbonyl (C=O) groups is 4. The molecule has 1 atom stereocenters. The number of nitrogens with one attached hydrogen (secondary N) is 1. The average Bonchev–Trinajstić information content (AvgIpc) is 3.04. The van der Waals surface area contributed by atoms with Gasteiger partial charge in [0.1, 0.15) is 6.04 Å². The van der Waals surface area contributed by atoms with Crippen molar-refractivity contribution in [2.24, 2.45) is 0 Å². The van der Waals surface area contributed by atoms with Crippen LogP contribution in [0.1, 0.15) is 30.1 Å². The summed E-state index contributed by atoms with van der Waals surface area (Å²) >= 11 is 11.9. The van der Waals surface area contributed by atoms with Crippen LogP contribution in [0.5, 0.6) is 0 Å². The Bertz CT molecular complexity index is 1100. The Morgan fingerprint density at radius 3 is 2.28 bits per heavy atom. The third kappa shape index (κ3) is 4.71. The minimum absolute atomic E-state index is 0.0276. The van der Waals surface area contributed by atoms with E-state index in [1.165, 1.54) is 37.3 Å². The molecule has 1 aliphatic heterocycles. The highest BCUT2D eigenvalue weighted by atomic mass is 35.5. The number of amides is 4. The van der Waals surface area contributed by atoms with Gasteiger partial charge in [0.05, 0.1) is 17.0 Å². The predicted molar refractivity (Wildman–Crippen MR) is 115 cm³/mol. The SMILES string of the molecule is CCC(=O)N(NC(=O)c1ccc([N+](=O)[O-])cc1)C1CC(=O)N(c2cc(Cl)cc(Cl)c2)C1=O. The molecule has 1 heterocycles. The molecule has 0 spiro atoms. The second kappa shape index (κ2) is 9.33. The lowest BCUT2D eigenvalue weighted by Crippen LogP contribution is -2.54. The minimum Gasteiger partial charge on any atom is -0.274 e. The van der Waals surface area contributed by atoms with Gasteiger partial charge in [0.15, 0.2) is 0 Å². The number of hydrogen-bond donors (Lipinski definition) is 1. The van der Waals surface area contributed by atoms with Gasteiger partial charge in [0.2, 0.25) is 11.8 Å². The number of benzene rings is 2. The van der Waals surface area contributed by atoms with Gasteiger partial charge in [0.25, 0.3) is 17.5 Å². The zero-order valence-corrected chi connectivity index (χ0v) is 18.1. The van der Waals surface area contributed by atoms with E-state index in [-0.39, 0.29) is 39.8 Å². The third-order valence-electron chi connectivity index (χ3n) is 4.67. The Kier molecular flexibility index (Phi) is 6.75. The fraction of sp³-hybridized carbons (Fsp3) is 0.200. The third-order valence-corrected chi connectivity index (χ3v) is 5.11. The Morgan fingerprint density at radius 2 is 1.75 bits per heavy atom. The molecule has 32 heavy (non-hydrogen) atoms. The number of rotatable bonds is 5. The molecule has 1 saturated heterocycles. The quantitative estimate of drug-likeness (QED) is 0.399. The van der Waals surface area contributed by atoms with E-state index in [1.54, 1.807) is 0 Å². The second-order valence-electron chi connectivity index (χ2n) is 6.78. The van der Waals surface area contributed by atoms with Gasteiger partial charge in [-0.25, -0.2) is 9.91 Å². The van der Waals surface area contributed by atoms with E-state index in [4.69, 9.17) is 23.2 Å². The molecule has 3 rings (SSSR count). The number of halogens is 2. The van der Waals surface area contributed by atoms with Crippen LogP contribution >= 0.6 is 23.2 Å². The van der Waals surface area contributed by atoms with E-state index in [0.717, 1.165) is 22.0 Å². The van der Waals surface area contributed by atoms with Crippen molar-refractivity contribution < 1.29 is 24.1 Å². The highest BCUT2D eigenvalue weighted by Crippen LogP contribution is 2.30. The monoisotopic (exact) mass is 478 g/mol. The lowest BCUT2D eigenvalue weighted by atomic mass is 10.2. The van der Waals surface area contributed by atoms with Gasteiger partial charge in [-0.3, -0.25) is 34.7 Å². The smallest absolute Gasteiger partial charge is 0.269 e. The van der Waals surface area contributed by atoms with Crippen LogP contribution in [-0.4, -0.2) is 39.6 Å². The van der Waals surface area contributed by atoms with Crippen molar-refractivity contribution in [2.75, 3.05) is 4.90 Å². The summed E-state index contributed by atoms with van der Waals surface area (Å²) in [4.78, 5) is 61.8. The van der Waals surface area contributed by atoms with Crippen molar-refractivity contribution in [2.45, 2.75) is 25.8 Å². The number of nitrogens with zero attached hydrogens (tertiary/aromatic N) is 3. The summed E-state index contributed by atoms with van der Waals surface area (Å²) in [5, 5.41) is 12.0. The topological polar surface area (TPSA) is 130 Å². The number of hydrazine groups is 1. The average molecular weight is 479 g/mol. The first-order valence-electron chi connectivity index (χ1n) is 9.32. The van der Waals surface area contributed by atoms with Gasteiger partial charge in [-0.05, 0) is 30.3 Å². The maximum Gasteiger partial charge on any atom is 0.269 e. The number of nitro benzene ring substituents is 1. The van der Waals surface area contributed by atoms with Crippen LogP contribution in [0.3, 0.4) is 0 Å². The lowest BCUT2D eigenvalue weighted by molar-refractivity contribution is -0.384. The molecular weight excluding hydrogens is 463 g/mol. The molecule has 1 aliphatic rings. The Balaban J connectivity index is 1.86. The number of nitro groups is 1. The zero-order chi connectivity index (χ0) is 23.6. The molecule has 12 heteroatoms. The van der Waals surface area contributed by atoms with Crippen LogP contribution in [-0.2, 0) is 14.4 Å². The fourth-order valence-corrected chi connectivity index (χ4v) is 3.66. The van der Waals surface area contributed by atoms with Crippen LogP contribution < -0.4 is 10.3 Å². The fourth-order valence-electron chi connectivity index (χ4n) is 3.15. The summed E-state index contributed by atoms with van der Waals surface area (Å²) in [7, 11) is 0. The van der Waals surface area contributed by atoms with Crippen molar-refractivity contribution >= 4 is 58.2 Å². The van der Waals surface area contributed by atoms with Crippen molar-refractivity contribution in [3.05, 3.63) is 68.2 Å². The summed E-state index contributed by atoms with van der Waals surface area (Å²) in [5.74, 6) is -2.71. The van der Waals surface area contributed by atoms with E-state index in [1.807, 2.05) is 0 Å². The molecule has 1 unspecified atom stereocenters. The standard InChI is InChI=1S/C20H16Cl2N4O6/c1-2-17(27)25(23-19(29)11-3-5-14(6-4-11)26(31)32)16-10-18(28)24(20(16)30)15-8-12(21)7-13(22)9-15/h3-9,16H,2,10H2,1H3,(H,23,29). The number of hydrogen-bond acceptors (Lipinski definition) is 6. The Labute approximate surface area is 191 Å². The predicted octanol–water partition coefficient (Wildman–Crippen LogP) is 3.12. The highest BCUT2D eigenvalue weighted by Gasteiger charge is 2.45. The van der Waals surface area contributed by atoms with Crippen molar-refractivity contribution in [1.29, 1.82) is 0 Å². The first kappa shape index (κ1) is 23.2. The number of carbonyl (C=O) groups excluding carboxylic acids is 4. The molecular formula is C20H16Cl2N4O6. The Hall–Kier alpha value is -3.50. The van der Waals surface area contributed by atoms with Crippen molar-refractivity contribution in [3.63, 3.8) is 0 Å². The summed E-state index contributed by atoms with van der Waals surface area (Å²) in [6.45, 7) is 1.53. The summed E-state index contributed by atoms with van der Waals surface area (Å²) < 4.78 is 0. The van der Waals surface area contributed by atoms with E-state index in [0.29, 0.717) is 0 Å². The molecule has 0 radical (unpaired) electrons. The molecule has 1 fully saturated rings. The van der Waals surface area contributed by atoms with E-state index in [2.05, 4.69) is 5.43 Å². The minimum atomic E-state index is -1.28. The zero-order valence-electron chi connectivity index (χ0n) is 16.6. The molecule has 0 aliphatic carbocycles. The van der Waals surface area contributed by atoms with Gasteiger partial charge in [0, 0.05) is 34.2 Å². The summed E-state index contributed by atoms with van der Waals surface area (Å²) in [6.07, 6.45) is -0.420. The molecule has 0 bridgehead atoms. The maximum atomic E-state index is 13.0. The van der Waals surface area contributed by atoms with E-state index < -0.39 is 34.6 Å². The van der Waals surface area contributed by atoms with Crippen molar-refractivity contribution in [1.82, 2.24) is 10.4 Å². The first-order chi connectivity index (χ1) is 15.1. The van der Waals surface area contributed by atoms with Crippen LogP contribution in [0.2, 0.25) is 10.0 Å². The van der Waals surface area contributed by atoms with Gasteiger partial charge in [-0.2, -0.15) is 0 Å². The highest BCUT2D eigenvalue weighted by molar-refractivity contribution is 6.35. The number of non-ortho nitro benzene ring substituents is 1. The van der Waals surface area contributed by atoms with Crippen LogP contribution in [0.4, 0.5) is 11.4 Å². The van der Waals surface area contributed by atoms with Gasteiger partial charge in [-0.1, -0.05) is 30.1 Å². The molecule has 0 aromatic heterocycles. The lowest BCUT2D eigenvalue weighted by Gasteiger charge is -2.27. The van der Waals surface area contributed by atoms with Crippen molar-refractivity contribution in [3.8, 4) is 0 Å². The Morgan fingerprint density at radius 1 is 1.16 bits per heavy atom.